The molecule has 1 aliphatic heterocycles. The summed E-state index contributed by atoms with van der Waals surface area (Å²) in [6.45, 7) is 1.54. The van der Waals surface area contributed by atoms with Gasteiger partial charge in [0, 0.05) is 13.0 Å². The SMILES string of the molecule is CC(=O)CCCCN1C(=O)C(=O)c2c(F)ccc(F)c21. The monoisotopic (exact) mass is 281 g/mol. The first-order valence-corrected chi connectivity index (χ1v) is 6.27. The average Bonchev–Trinajstić information content (AvgIpc) is 2.64. The summed E-state index contributed by atoms with van der Waals surface area (Å²) in [5, 5.41) is 0. The van der Waals surface area contributed by atoms with Gasteiger partial charge in [-0.2, -0.15) is 0 Å². The Kier molecular flexibility index (Phi) is 3.92. The van der Waals surface area contributed by atoms with Gasteiger partial charge in [-0.05, 0) is 31.9 Å². The van der Waals surface area contributed by atoms with Gasteiger partial charge in [0.1, 0.15) is 17.4 Å². The second-order valence-corrected chi connectivity index (χ2v) is 4.70. The largest absolute Gasteiger partial charge is 0.302 e. The van der Waals surface area contributed by atoms with Crippen molar-refractivity contribution in [1.29, 1.82) is 0 Å². The molecule has 0 N–H and O–H groups in total. The Morgan fingerprint density at radius 2 is 1.80 bits per heavy atom. The summed E-state index contributed by atoms with van der Waals surface area (Å²) in [7, 11) is 0. The molecular weight excluding hydrogens is 268 g/mol. The first-order valence-electron chi connectivity index (χ1n) is 6.27. The van der Waals surface area contributed by atoms with Crippen molar-refractivity contribution in [2.75, 3.05) is 11.4 Å². The zero-order valence-electron chi connectivity index (χ0n) is 10.9. The first-order chi connectivity index (χ1) is 9.43. The van der Waals surface area contributed by atoms with Gasteiger partial charge < -0.3 is 9.69 Å². The minimum Gasteiger partial charge on any atom is -0.302 e. The molecule has 4 nitrogen and oxygen atoms in total. The Bertz CT molecular complexity index is 598. The summed E-state index contributed by atoms with van der Waals surface area (Å²) in [6, 6.07) is 1.72. The predicted octanol–water partition coefficient (Wildman–Crippen LogP) is 2.25. The number of benzene rings is 1. The van der Waals surface area contributed by atoms with E-state index in [9.17, 15) is 23.2 Å². The fourth-order valence-corrected chi connectivity index (χ4v) is 2.21. The molecular formula is C14H13F2NO3. The molecule has 0 radical (unpaired) electrons. The van der Waals surface area contributed by atoms with Gasteiger partial charge >= 0.3 is 0 Å². The van der Waals surface area contributed by atoms with Crippen molar-refractivity contribution in [3.63, 3.8) is 0 Å². The normalized spacial score (nSPS) is 13.8. The highest BCUT2D eigenvalue weighted by atomic mass is 19.1. The van der Waals surface area contributed by atoms with E-state index in [4.69, 9.17) is 0 Å². The molecule has 2 rings (SSSR count). The molecule has 0 spiro atoms. The van der Waals surface area contributed by atoms with Gasteiger partial charge in [0.15, 0.2) is 0 Å². The minimum atomic E-state index is -1.02. The highest BCUT2D eigenvalue weighted by molar-refractivity contribution is 6.52. The van der Waals surface area contributed by atoms with Crippen LogP contribution in [0.3, 0.4) is 0 Å². The van der Waals surface area contributed by atoms with E-state index in [1.165, 1.54) is 6.92 Å². The number of carbonyl (C=O) groups excluding carboxylic acids is 3. The molecule has 6 heteroatoms. The lowest BCUT2D eigenvalue weighted by molar-refractivity contribution is -0.117. The zero-order chi connectivity index (χ0) is 14.9. The molecule has 0 saturated heterocycles. The molecule has 0 atom stereocenters. The van der Waals surface area contributed by atoms with Crippen molar-refractivity contribution in [2.45, 2.75) is 26.2 Å². The van der Waals surface area contributed by atoms with Crippen molar-refractivity contribution in [3.8, 4) is 0 Å². The predicted molar refractivity (Wildman–Crippen MR) is 67.6 cm³/mol. The summed E-state index contributed by atoms with van der Waals surface area (Å²) in [5.41, 5.74) is -0.788. The molecule has 0 unspecified atom stereocenters. The van der Waals surface area contributed by atoms with E-state index < -0.39 is 28.9 Å². The Morgan fingerprint density at radius 3 is 2.45 bits per heavy atom. The highest BCUT2D eigenvalue weighted by Crippen LogP contribution is 2.33. The van der Waals surface area contributed by atoms with Crippen LogP contribution in [0, 0.1) is 11.6 Å². The Balaban J connectivity index is 2.20. The van der Waals surface area contributed by atoms with Crippen LogP contribution in [0.1, 0.15) is 36.5 Å². The number of anilines is 1. The van der Waals surface area contributed by atoms with E-state index in [2.05, 4.69) is 0 Å². The molecule has 0 aromatic heterocycles. The molecule has 106 valence electrons. The number of nitrogens with zero attached hydrogens (tertiary/aromatic N) is 1. The average molecular weight is 281 g/mol. The van der Waals surface area contributed by atoms with Crippen molar-refractivity contribution >= 4 is 23.2 Å². The Morgan fingerprint density at radius 1 is 1.15 bits per heavy atom. The maximum Gasteiger partial charge on any atom is 0.299 e. The van der Waals surface area contributed by atoms with E-state index in [0.29, 0.717) is 19.3 Å². The van der Waals surface area contributed by atoms with E-state index in [0.717, 1.165) is 17.0 Å². The van der Waals surface area contributed by atoms with Crippen LogP contribution in [0.15, 0.2) is 12.1 Å². The fourth-order valence-electron chi connectivity index (χ4n) is 2.21. The summed E-state index contributed by atoms with van der Waals surface area (Å²) in [5.74, 6) is -3.63. The number of amides is 1. The number of unbranched alkanes of at least 4 members (excludes halogenated alkanes) is 1. The van der Waals surface area contributed by atoms with Crippen LogP contribution in [-0.4, -0.2) is 24.0 Å². The number of rotatable bonds is 5. The number of halogens is 2. The lowest BCUT2D eigenvalue weighted by atomic mass is 10.1. The van der Waals surface area contributed by atoms with E-state index in [-0.39, 0.29) is 18.0 Å². The summed E-state index contributed by atoms with van der Waals surface area (Å²) < 4.78 is 27.3. The number of carbonyl (C=O) groups is 3. The van der Waals surface area contributed by atoms with Gasteiger partial charge in [0.05, 0.1) is 11.3 Å². The van der Waals surface area contributed by atoms with Crippen LogP contribution < -0.4 is 4.90 Å². The van der Waals surface area contributed by atoms with E-state index in [1.807, 2.05) is 0 Å². The molecule has 1 amide bonds. The van der Waals surface area contributed by atoms with Crippen LogP contribution in [0.2, 0.25) is 0 Å². The second kappa shape index (κ2) is 5.48. The van der Waals surface area contributed by atoms with Crippen molar-refractivity contribution in [3.05, 3.63) is 29.3 Å². The van der Waals surface area contributed by atoms with Crippen LogP contribution in [0.5, 0.6) is 0 Å². The van der Waals surface area contributed by atoms with Crippen molar-refractivity contribution < 1.29 is 23.2 Å². The van der Waals surface area contributed by atoms with Crippen LogP contribution in [0.25, 0.3) is 0 Å². The van der Waals surface area contributed by atoms with Gasteiger partial charge in [-0.3, -0.25) is 9.59 Å². The van der Waals surface area contributed by atoms with Crippen LogP contribution >= 0.6 is 0 Å². The second-order valence-electron chi connectivity index (χ2n) is 4.70. The molecule has 0 saturated carbocycles. The summed E-state index contributed by atoms with van der Waals surface area (Å²) >= 11 is 0. The molecule has 0 fully saturated rings. The van der Waals surface area contributed by atoms with Crippen LogP contribution in [-0.2, 0) is 9.59 Å². The summed E-state index contributed by atoms with van der Waals surface area (Å²) in [6.07, 6.45) is 1.32. The fraction of sp³-hybridized carbons (Fsp3) is 0.357. The molecule has 1 aromatic rings. The number of hydrogen-bond acceptors (Lipinski definition) is 3. The number of fused-ring (bicyclic) bond motifs is 1. The Hall–Kier alpha value is -2.11. The highest BCUT2D eigenvalue weighted by Gasteiger charge is 2.40. The molecule has 1 aliphatic rings. The van der Waals surface area contributed by atoms with Gasteiger partial charge in [-0.25, -0.2) is 8.78 Å². The smallest absolute Gasteiger partial charge is 0.299 e. The maximum absolute atomic E-state index is 13.7. The van der Waals surface area contributed by atoms with Gasteiger partial charge in [0.25, 0.3) is 11.7 Å². The molecule has 1 heterocycles. The zero-order valence-corrected chi connectivity index (χ0v) is 10.9. The van der Waals surface area contributed by atoms with Crippen LogP contribution in [0.4, 0.5) is 14.5 Å². The first kappa shape index (κ1) is 14.3. The standard InChI is InChI=1S/C14H13F2NO3/c1-8(18)4-2-3-7-17-12-10(16)6-5-9(15)11(12)13(19)14(17)20/h5-6H,2-4,7H2,1H3. The quantitative estimate of drug-likeness (QED) is 0.614. The number of hydrogen-bond donors (Lipinski definition) is 0. The lowest BCUT2D eigenvalue weighted by Crippen LogP contribution is -2.31. The molecule has 0 bridgehead atoms. The topological polar surface area (TPSA) is 54.5 Å². The third kappa shape index (κ3) is 2.45. The van der Waals surface area contributed by atoms with Gasteiger partial charge in [-0.1, -0.05) is 0 Å². The van der Waals surface area contributed by atoms with E-state index >= 15 is 0 Å². The van der Waals surface area contributed by atoms with Gasteiger partial charge in [0.2, 0.25) is 0 Å². The maximum atomic E-state index is 13.7. The third-order valence-corrected chi connectivity index (χ3v) is 3.17. The lowest BCUT2D eigenvalue weighted by Gasteiger charge is -2.16. The minimum absolute atomic E-state index is 0.0199. The number of Topliss-reactive ketones (excluding diaryl/α,β-unsaturated/α-hetero) is 2. The molecule has 0 aliphatic carbocycles. The summed E-state index contributed by atoms with van der Waals surface area (Å²) in [4.78, 5) is 35.2. The molecule has 1 aromatic carbocycles. The van der Waals surface area contributed by atoms with Crippen molar-refractivity contribution in [2.24, 2.45) is 0 Å². The third-order valence-electron chi connectivity index (χ3n) is 3.17. The molecule has 20 heavy (non-hydrogen) atoms. The van der Waals surface area contributed by atoms with Gasteiger partial charge in [-0.15, -0.1) is 0 Å². The van der Waals surface area contributed by atoms with Crippen molar-refractivity contribution in [1.82, 2.24) is 0 Å². The Labute approximate surface area is 114 Å². The van der Waals surface area contributed by atoms with E-state index in [1.54, 1.807) is 0 Å². The number of ketones is 2.